The fourth-order valence-corrected chi connectivity index (χ4v) is 4.23. The molecular weight excluding hydrogens is 328 g/mol. The third-order valence-corrected chi connectivity index (χ3v) is 5.63. The first-order chi connectivity index (χ1) is 13.0. The Bertz CT molecular complexity index is 1080. The zero-order valence-corrected chi connectivity index (χ0v) is 17.0. The third kappa shape index (κ3) is 3.06. The predicted octanol–water partition coefficient (Wildman–Crippen LogP) is 8.06. The van der Waals surface area contributed by atoms with Crippen molar-refractivity contribution in [1.82, 2.24) is 0 Å². The lowest BCUT2D eigenvalue weighted by atomic mass is 9.84. The molecule has 27 heavy (non-hydrogen) atoms. The lowest BCUT2D eigenvalue weighted by Crippen LogP contribution is -2.03. The van der Waals surface area contributed by atoms with Gasteiger partial charge in [-0.2, -0.15) is 0 Å². The van der Waals surface area contributed by atoms with Gasteiger partial charge in [-0.3, -0.25) is 0 Å². The SMILES string of the molecule is CCc1c(C(C)C)cc(-c2ccc3c(c2)oc2ccccc23)cc1C(C)C. The highest BCUT2D eigenvalue weighted by Gasteiger charge is 2.16. The van der Waals surface area contributed by atoms with E-state index in [0.29, 0.717) is 11.8 Å². The van der Waals surface area contributed by atoms with Gasteiger partial charge in [0.25, 0.3) is 0 Å². The lowest BCUT2D eigenvalue weighted by Gasteiger charge is -2.21. The molecule has 3 aromatic carbocycles. The highest BCUT2D eigenvalue weighted by atomic mass is 16.3. The summed E-state index contributed by atoms with van der Waals surface area (Å²) in [6, 6.07) is 19.7. The number of hydrogen-bond donors (Lipinski definition) is 0. The second-order valence-corrected chi connectivity index (χ2v) is 8.11. The van der Waals surface area contributed by atoms with Crippen LogP contribution >= 0.6 is 0 Å². The molecule has 1 aromatic heterocycles. The quantitative estimate of drug-likeness (QED) is 0.360. The molecule has 0 aliphatic carbocycles. The molecule has 0 aliphatic rings. The second-order valence-electron chi connectivity index (χ2n) is 8.11. The van der Waals surface area contributed by atoms with Gasteiger partial charge in [-0.05, 0) is 64.3 Å². The molecule has 1 heterocycles. The Kier molecular flexibility index (Phi) is 4.55. The van der Waals surface area contributed by atoms with Crippen molar-refractivity contribution in [3.05, 3.63) is 71.3 Å². The van der Waals surface area contributed by atoms with E-state index in [1.165, 1.54) is 38.6 Å². The normalized spacial score (nSPS) is 12.0. The zero-order valence-electron chi connectivity index (χ0n) is 17.0. The molecule has 4 rings (SSSR count). The first kappa shape index (κ1) is 17.9. The van der Waals surface area contributed by atoms with Crippen LogP contribution < -0.4 is 0 Å². The second kappa shape index (κ2) is 6.88. The summed E-state index contributed by atoms with van der Waals surface area (Å²) in [5, 5.41) is 2.37. The van der Waals surface area contributed by atoms with Crippen molar-refractivity contribution in [3.8, 4) is 11.1 Å². The summed E-state index contributed by atoms with van der Waals surface area (Å²) in [5.74, 6) is 1.04. The van der Waals surface area contributed by atoms with Crippen LogP contribution in [0, 0.1) is 0 Å². The van der Waals surface area contributed by atoms with Gasteiger partial charge in [0.2, 0.25) is 0 Å². The molecule has 1 nitrogen and oxygen atoms in total. The van der Waals surface area contributed by atoms with E-state index in [-0.39, 0.29) is 0 Å². The standard InChI is InChI=1S/C26H28O/c1-6-20-23(16(2)3)13-19(14-24(20)17(4)5)18-11-12-22-21-9-7-8-10-25(21)27-26(22)15-18/h7-17H,6H2,1-5H3. The van der Waals surface area contributed by atoms with E-state index in [0.717, 1.165) is 17.6 Å². The van der Waals surface area contributed by atoms with Gasteiger partial charge < -0.3 is 4.42 Å². The fourth-order valence-electron chi connectivity index (χ4n) is 4.23. The molecule has 0 atom stereocenters. The Labute approximate surface area is 162 Å². The zero-order chi connectivity index (χ0) is 19.1. The number of fused-ring (bicyclic) bond motifs is 3. The van der Waals surface area contributed by atoms with Gasteiger partial charge in [-0.1, -0.05) is 71.0 Å². The predicted molar refractivity (Wildman–Crippen MR) is 117 cm³/mol. The van der Waals surface area contributed by atoms with Gasteiger partial charge in [-0.25, -0.2) is 0 Å². The third-order valence-electron chi connectivity index (χ3n) is 5.63. The fraction of sp³-hybridized carbons (Fsp3) is 0.308. The highest BCUT2D eigenvalue weighted by Crippen LogP contribution is 2.36. The van der Waals surface area contributed by atoms with E-state index in [2.05, 4.69) is 77.1 Å². The molecule has 4 aromatic rings. The maximum Gasteiger partial charge on any atom is 0.136 e. The number of hydrogen-bond acceptors (Lipinski definition) is 1. The van der Waals surface area contributed by atoms with Crippen molar-refractivity contribution in [2.75, 3.05) is 0 Å². The molecule has 0 N–H and O–H groups in total. The Hall–Kier alpha value is -2.54. The average molecular weight is 357 g/mol. The summed E-state index contributed by atoms with van der Waals surface area (Å²) in [5.41, 5.74) is 8.91. The van der Waals surface area contributed by atoms with Crippen LogP contribution in [0.1, 0.15) is 63.1 Å². The molecule has 0 saturated heterocycles. The van der Waals surface area contributed by atoms with Crippen molar-refractivity contribution >= 4 is 21.9 Å². The van der Waals surface area contributed by atoms with Crippen LogP contribution in [0.2, 0.25) is 0 Å². The molecule has 1 heteroatoms. The molecule has 0 saturated carbocycles. The molecule has 0 bridgehead atoms. The van der Waals surface area contributed by atoms with E-state index in [1.807, 2.05) is 12.1 Å². The van der Waals surface area contributed by atoms with Crippen LogP contribution in [-0.4, -0.2) is 0 Å². The summed E-state index contributed by atoms with van der Waals surface area (Å²) >= 11 is 0. The van der Waals surface area contributed by atoms with Crippen molar-refractivity contribution < 1.29 is 4.42 Å². The summed E-state index contributed by atoms with van der Waals surface area (Å²) in [4.78, 5) is 0. The molecule has 138 valence electrons. The van der Waals surface area contributed by atoms with E-state index < -0.39 is 0 Å². The van der Waals surface area contributed by atoms with Crippen molar-refractivity contribution in [3.63, 3.8) is 0 Å². The van der Waals surface area contributed by atoms with E-state index in [1.54, 1.807) is 0 Å². The molecule has 0 fully saturated rings. The number of rotatable bonds is 4. The first-order valence-electron chi connectivity index (χ1n) is 10.1. The van der Waals surface area contributed by atoms with E-state index in [9.17, 15) is 0 Å². The summed E-state index contributed by atoms with van der Waals surface area (Å²) in [6.45, 7) is 11.5. The van der Waals surface area contributed by atoms with Gasteiger partial charge in [-0.15, -0.1) is 0 Å². The first-order valence-corrected chi connectivity index (χ1v) is 10.1. The average Bonchev–Trinajstić information content (AvgIpc) is 3.04. The minimum Gasteiger partial charge on any atom is -0.456 e. The molecule has 0 aliphatic heterocycles. The topological polar surface area (TPSA) is 13.1 Å². The minimum absolute atomic E-state index is 0.521. The Morgan fingerprint density at radius 1 is 0.704 bits per heavy atom. The van der Waals surface area contributed by atoms with Gasteiger partial charge in [0.15, 0.2) is 0 Å². The number of furan rings is 1. The lowest BCUT2D eigenvalue weighted by molar-refractivity contribution is 0.669. The van der Waals surface area contributed by atoms with Crippen LogP contribution in [-0.2, 0) is 6.42 Å². The van der Waals surface area contributed by atoms with Crippen molar-refractivity contribution in [2.24, 2.45) is 0 Å². The minimum atomic E-state index is 0.521. The van der Waals surface area contributed by atoms with E-state index >= 15 is 0 Å². The van der Waals surface area contributed by atoms with Crippen LogP contribution in [0.25, 0.3) is 33.1 Å². The van der Waals surface area contributed by atoms with Crippen molar-refractivity contribution in [2.45, 2.75) is 52.9 Å². The molecule has 0 radical (unpaired) electrons. The van der Waals surface area contributed by atoms with Crippen LogP contribution in [0.15, 0.2) is 59.0 Å². The van der Waals surface area contributed by atoms with Crippen molar-refractivity contribution in [1.29, 1.82) is 0 Å². The molecule has 0 unspecified atom stereocenters. The maximum absolute atomic E-state index is 6.11. The number of para-hydroxylation sites is 1. The Morgan fingerprint density at radius 2 is 1.33 bits per heavy atom. The van der Waals surface area contributed by atoms with Gasteiger partial charge in [0.05, 0.1) is 0 Å². The summed E-state index contributed by atoms with van der Waals surface area (Å²) < 4.78 is 6.11. The van der Waals surface area contributed by atoms with Crippen LogP contribution in [0.3, 0.4) is 0 Å². The molecule has 0 amide bonds. The highest BCUT2D eigenvalue weighted by molar-refractivity contribution is 6.05. The van der Waals surface area contributed by atoms with Crippen LogP contribution in [0.4, 0.5) is 0 Å². The molecule has 0 spiro atoms. The van der Waals surface area contributed by atoms with Gasteiger partial charge in [0.1, 0.15) is 11.2 Å². The monoisotopic (exact) mass is 356 g/mol. The summed E-state index contributed by atoms with van der Waals surface area (Å²) in [7, 11) is 0. The Balaban J connectivity index is 1.93. The van der Waals surface area contributed by atoms with E-state index in [4.69, 9.17) is 4.42 Å². The van der Waals surface area contributed by atoms with Gasteiger partial charge >= 0.3 is 0 Å². The smallest absolute Gasteiger partial charge is 0.136 e. The summed E-state index contributed by atoms with van der Waals surface area (Å²) in [6.07, 6.45) is 1.09. The largest absolute Gasteiger partial charge is 0.456 e. The maximum atomic E-state index is 6.11. The van der Waals surface area contributed by atoms with Gasteiger partial charge in [0, 0.05) is 10.8 Å². The Morgan fingerprint density at radius 3 is 1.96 bits per heavy atom. The number of benzene rings is 3. The molecular formula is C26H28O. The van der Waals surface area contributed by atoms with Crippen LogP contribution in [0.5, 0.6) is 0 Å².